The molecule has 24 heavy (non-hydrogen) atoms. The van der Waals surface area contributed by atoms with E-state index in [9.17, 15) is 9.59 Å². The quantitative estimate of drug-likeness (QED) is 0.662. The summed E-state index contributed by atoms with van der Waals surface area (Å²) in [6.45, 7) is 0. The van der Waals surface area contributed by atoms with Gasteiger partial charge in [-0.15, -0.1) is 11.8 Å². The zero-order valence-corrected chi connectivity index (χ0v) is 13.6. The average Bonchev–Trinajstić information content (AvgIpc) is 2.96. The number of carbonyl (C=O) groups excluding carboxylic acids is 1. The molecular weight excluding hydrogens is 328 g/mol. The lowest BCUT2D eigenvalue weighted by Crippen LogP contribution is -2.15. The van der Waals surface area contributed by atoms with Crippen LogP contribution in [0.4, 0.5) is 5.82 Å². The number of rotatable bonds is 2. The van der Waals surface area contributed by atoms with Crippen molar-refractivity contribution in [3.63, 3.8) is 0 Å². The van der Waals surface area contributed by atoms with E-state index in [0.29, 0.717) is 11.4 Å². The highest BCUT2D eigenvalue weighted by Gasteiger charge is 2.27. The molecule has 3 heterocycles. The molecule has 1 aliphatic heterocycles. The molecule has 1 amide bonds. The predicted molar refractivity (Wildman–Crippen MR) is 92.6 cm³/mol. The van der Waals surface area contributed by atoms with E-state index in [1.807, 2.05) is 18.2 Å². The number of carbonyl (C=O) groups is 1. The number of fused-ring (bicyclic) bond motifs is 2. The fourth-order valence-corrected chi connectivity index (χ4v) is 3.90. The number of hydrogen-bond donors (Lipinski definition) is 3. The Labute approximate surface area is 140 Å². The number of nitrogens with one attached hydrogen (secondary N) is 3. The number of pyridine rings is 1. The summed E-state index contributed by atoms with van der Waals surface area (Å²) in [5.41, 5.74) is 1.94. The molecule has 0 unspecified atom stereocenters. The molecule has 2 aromatic heterocycles. The zero-order chi connectivity index (χ0) is 16.7. The Hall–Kier alpha value is -2.74. The summed E-state index contributed by atoms with van der Waals surface area (Å²) in [6, 6.07) is 7.33. The first kappa shape index (κ1) is 14.8. The van der Waals surface area contributed by atoms with E-state index in [4.69, 9.17) is 4.74 Å². The minimum absolute atomic E-state index is 0.119. The SMILES string of the molecule is COc1ccc2[nH]c(=O)c([C@@H]3SCC(=O)Nc4[nH]ncc43)cc2c1. The minimum Gasteiger partial charge on any atom is -0.497 e. The monoisotopic (exact) mass is 342 g/mol. The second-order valence-corrected chi connectivity index (χ2v) is 6.54. The summed E-state index contributed by atoms with van der Waals surface area (Å²) < 4.78 is 5.25. The number of thioether (sulfide) groups is 1. The van der Waals surface area contributed by atoms with Crippen LogP contribution in [-0.4, -0.2) is 34.0 Å². The van der Waals surface area contributed by atoms with Gasteiger partial charge in [-0.25, -0.2) is 0 Å². The van der Waals surface area contributed by atoms with E-state index < -0.39 is 0 Å². The van der Waals surface area contributed by atoms with Gasteiger partial charge in [-0.05, 0) is 24.3 Å². The van der Waals surface area contributed by atoms with Crippen molar-refractivity contribution in [3.05, 3.63) is 51.9 Å². The number of ether oxygens (including phenoxy) is 1. The maximum atomic E-state index is 12.6. The molecule has 4 rings (SSSR count). The van der Waals surface area contributed by atoms with Gasteiger partial charge in [0, 0.05) is 22.0 Å². The van der Waals surface area contributed by atoms with Crippen LogP contribution in [0.1, 0.15) is 16.4 Å². The lowest BCUT2D eigenvalue weighted by molar-refractivity contribution is -0.113. The molecule has 7 nitrogen and oxygen atoms in total. The van der Waals surface area contributed by atoms with E-state index in [1.165, 1.54) is 11.8 Å². The van der Waals surface area contributed by atoms with Crippen molar-refractivity contribution in [2.24, 2.45) is 0 Å². The molecule has 0 spiro atoms. The number of methoxy groups -OCH3 is 1. The van der Waals surface area contributed by atoms with Crippen LogP contribution < -0.4 is 15.6 Å². The lowest BCUT2D eigenvalue weighted by atomic mass is 10.1. The van der Waals surface area contributed by atoms with Gasteiger partial charge in [0.05, 0.1) is 24.3 Å². The van der Waals surface area contributed by atoms with Crippen LogP contribution in [0, 0.1) is 0 Å². The van der Waals surface area contributed by atoms with Crippen LogP contribution in [0.5, 0.6) is 5.75 Å². The molecule has 1 aliphatic rings. The molecular formula is C16H14N4O3S. The third-order valence-electron chi connectivity index (χ3n) is 3.96. The fraction of sp³-hybridized carbons (Fsp3) is 0.188. The molecule has 3 N–H and O–H groups in total. The average molecular weight is 342 g/mol. The molecule has 0 aliphatic carbocycles. The Bertz CT molecular complexity index is 994. The van der Waals surface area contributed by atoms with Gasteiger partial charge in [0.25, 0.3) is 5.56 Å². The molecule has 0 bridgehead atoms. The highest BCUT2D eigenvalue weighted by Crippen LogP contribution is 2.39. The van der Waals surface area contributed by atoms with Crippen LogP contribution in [-0.2, 0) is 4.79 Å². The van der Waals surface area contributed by atoms with Crippen LogP contribution in [0.2, 0.25) is 0 Å². The van der Waals surface area contributed by atoms with Crippen molar-refractivity contribution >= 4 is 34.4 Å². The molecule has 1 aromatic carbocycles. The van der Waals surface area contributed by atoms with E-state index in [1.54, 1.807) is 19.4 Å². The third kappa shape index (κ3) is 2.44. The Kier molecular flexibility index (Phi) is 3.53. The molecule has 8 heteroatoms. The zero-order valence-electron chi connectivity index (χ0n) is 12.8. The number of H-pyrrole nitrogens is 2. The van der Waals surface area contributed by atoms with Crippen molar-refractivity contribution in [2.45, 2.75) is 5.25 Å². The maximum Gasteiger partial charge on any atom is 0.253 e. The van der Waals surface area contributed by atoms with Crippen molar-refractivity contribution < 1.29 is 9.53 Å². The van der Waals surface area contributed by atoms with E-state index in [0.717, 1.165) is 22.2 Å². The first-order valence-electron chi connectivity index (χ1n) is 7.31. The van der Waals surface area contributed by atoms with Crippen molar-refractivity contribution in [1.82, 2.24) is 15.2 Å². The number of aromatic amines is 2. The summed E-state index contributed by atoms with van der Waals surface area (Å²) in [5, 5.41) is 10.1. The Morgan fingerprint density at radius 2 is 2.12 bits per heavy atom. The van der Waals surface area contributed by atoms with Crippen LogP contribution in [0.25, 0.3) is 10.9 Å². The Morgan fingerprint density at radius 1 is 1.25 bits per heavy atom. The summed E-state index contributed by atoms with van der Waals surface area (Å²) >= 11 is 1.40. The molecule has 122 valence electrons. The first-order valence-corrected chi connectivity index (χ1v) is 8.36. The Balaban J connectivity index is 1.88. The molecule has 0 radical (unpaired) electrons. The minimum atomic E-state index is -0.281. The highest BCUT2D eigenvalue weighted by molar-refractivity contribution is 8.00. The third-order valence-corrected chi connectivity index (χ3v) is 5.23. The Morgan fingerprint density at radius 3 is 2.96 bits per heavy atom. The van der Waals surface area contributed by atoms with Gasteiger partial charge >= 0.3 is 0 Å². The largest absolute Gasteiger partial charge is 0.497 e. The molecule has 3 aromatic rings. The number of anilines is 1. The summed E-state index contributed by atoms with van der Waals surface area (Å²) in [7, 11) is 1.60. The number of benzene rings is 1. The topological polar surface area (TPSA) is 99.9 Å². The molecule has 0 saturated heterocycles. The van der Waals surface area contributed by atoms with Crippen molar-refractivity contribution in [2.75, 3.05) is 18.2 Å². The van der Waals surface area contributed by atoms with Crippen LogP contribution >= 0.6 is 11.8 Å². The normalized spacial score (nSPS) is 17.2. The summed E-state index contributed by atoms with van der Waals surface area (Å²) in [4.78, 5) is 27.3. The van der Waals surface area contributed by atoms with Gasteiger partial charge in [0.2, 0.25) is 5.91 Å². The van der Waals surface area contributed by atoms with Gasteiger partial charge in [0.15, 0.2) is 0 Å². The van der Waals surface area contributed by atoms with Gasteiger partial charge in [-0.1, -0.05) is 0 Å². The van der Waals surface area contributed by atoms with Crippen molar-refractivity contribution in [1.29, 1.82) is 0 Å². The van der Waals surface area contributed by atoms with E-state index >= 15 is 0 Å². The maximum absolute atomic E-state index is 12.6. The fourth-order valence-electron chi connectivity index (χ4n) is 2.80. The van der Waals surface area contributed by atoms with Gasteiger partial charge in [-0.3, -0.25) is 14.7 Å². The van der Waals surface area contributed by atoms with Crippen LogP contribution in [0.3, 0.4) is 0 Å². The summed E-state index contributed by atoms with van der Waals surface area (Å²) in [6.07, 6.45) is 1.65. The van der Waals surface area contributed by atoms with E-state index in [-0.39, 0.29) is 22.5 Å². The number of nitrogens with zero attached hydrogens (tertiary/aromatic N) is 1. The van der Waals surface area contributed by atoms with Gasteiger partial charge < -0.3 is 15.0 Å². The number of amides is 1. The summed E-state index contributed by atoms with van der Waals surface area (Å²) in [5.74, 6) is 1.41. The van der Waals surface area contributed by atoms with Crippen molar-refractivity contribution in [3.8, 4) is 5.75 Å². The lowest BCUT2D eigenvalue weighted by Gasteiger charge is -2.14. The molecule has 1 atom stereocenters. The second-order valence-electron chi connectivity index (χ2n) is 5.45. The van der Waals surface area contributed by atoms with E-state index in [2.05, 4.69) is 20.5 Å². The highest BCUT2D eigenvalue weighted by atomic mass is 32.2. The standard InChI is InChI=1S/C16H14N4O3S/c1-23-9-2-3-12-8(4-9)5-10(16(22)18-12)14-11-6-17-20-15(11)19-13(21)7-24-14/h2-6,14H,7H2,1H3,(H,18,22)(H2,17,19,20,21)/t14-/m0/s1. The molecule has 0 fully saturated rings. The number of hydrogen-bond acceptors (Lipinski definition) is 5. The smallest absolute Gasteiger partial charge is 0.253 e. The predicted octanol–water partition coefficient (Wildman–Crippen LogP) is 2.03. The number of aromatic nitrogens is 3. The molecule has 0 saturated carbocycles. The van der Waals surface area contributed by atoms with Gasteiger partial charge in [0.1, 0.15) is 11.6 Å². The van der Waals surface area contributed by atoms with Crippen LogP contribution in [0.15, 0.2) is 35.3 Å². The van der Waals surface area contributed by atoms with Gasteiger partial charge in [-0.2, -0.15) is 5.10 Å². The first-order chi connectivity index (χ1) is 11.7. The second kappa shape index (κ2) is 5.72.